The fourth-order valence-corrected chi connectivity index (χ4v) is 3.34. The molecule has 7 heteroatoms. The molecule has 25 heavy (non-hydrogen) atoms. The molecule has 0 spiro atoms. The maximum atomic E-state index is 12.2. The van der Waals surface area contributed by atoms with Crippen molar-refractivity contribution >= 4 is 21.5 Å². The van der Waals surface area contributed by atoms with Gasteiger partial charge < -0.3 is 10.2 Å². The van der Waals surface area contributed by atoms with Crippen LogP contribution in [0.25, 0.3) is 0 Å². The minimum absolute atomic E-state index is 0.0310. The lowest BCUT2D eigenvalue weighted by molar-refractivity contribution is 0.405. The van der Waals surface area contributed by atoms with Crippen LogP contribution in [0, 0.1) is 0 Å². The number of nitrogens with zero attached hydrogens (tertiary/aromatic N) is 2. The number of anilines is 2. The summed E-state index contributed by atoms with van der Waals surface area (Å²) in [6, 6.07) is 13.1. The average molecular weight is 362 g/mol. The van der Waals surface area contributed by atoms with Gasteiger partial charge in [0.25, 0.3) is 0 Å². The fraction of sp³-hybridized carbons (Fsp3) is 0.389. The molecule has 0 unspecified atom stereocenters. The Balaban J connectivity index is 1.81. The molecule has 6 nitrogen and oxygen atoms in total. The lowest BCUT2D eigenvalue weighted by Gasteiger charge is -2.11. The third kappa shape index (κ3) is 7.53. The quantitative estimate of drug-likeness (QED) is 0.635. The second-order valence-corrected chi connectivity index (χ2v) is 8.01. The third-order valence-electron chi connectivity index (χ3n) is 3.64. The summed E-state index contributed by atoms with van der Waals surface area (Å²) in [6.45, 7) is 1.86. The molecular formula is C18H26N4O2S. The van der Waals surface area contributed by atoms with Gasteiger partial charge in [0.2, 0.25) is 10.0 Å². The number of aryl methyl sites for hydroxylation is 1. The van der Waals surface area contributed by atoms with Crippen molar-refractivity contribution in [3.05, 3.63) is 54.2 Å². The molecule has 2 N–H and O–H groups in total. The Kier molecular flexibility index (Phi) is 7.21. The van der Waals surface area contributed by atoms with E-state index in [9.17, 15) is 8.42 Å². The standard InChI is InChI=1S/C18H26N4O2S/c1-22(2)13-6-12-19-17-9-10-18(20-15-17)21-25(23,24)14-11-16-7-4-3-5-8-16/h3-5,7-10,15,19H,6,11-14H2,1-2H3,(H,20,21). The van der Waals surface area contributed by atoms with E-state index in [-0.39, 0.29) is 5.75 Å². The fourth-order valence-electron chi connectivity index (χ4n) is 2.29. The highest BCUT2D eigenvalue weighted by atomic mass is 32.2. The molecule has 0 saturated heterocycles. The molecule has 136 valence electrons. The lowest BCUT2D eigenvalue weighted by atomic mass is 10.2. The van der Waals surface area contributed by atoms with Gasteiger partial charge in [-0.05, 0) is 51.2 Å². The van der Waals surface area contributed by atoms with Crippen LogP contribution in [0.3, 0.4) is 0 Å². The Morgan fingerprint density at radius 3 is 2.48 bits per heavy atom. The van der Waals surface area contributed by atoms with Crippen molar-refractivity contribution in [3.8, 4) is 0 Å². The Morgan fingerprint density at radius 1 is 1.08 bits per heavy atom. The van der Waals surface area contributed by atoms with E-state index in [1.165, 1.54) is 0 Å². The first-order valence-electron chi connectivity index (χ1n) is 8.34. The molecule has 2 aromatic rings. The van der Waals surface area contributed by atoms with Crippen LogP contribution >= 0.6 is 0 Å². The van der Waals surface area contributed by atoms with Gasteiger partial charge in [0.1, 0.15) is 5.82 Å². The highest BCUT2D eigenvalue weighted by molar-refractivity contribution is 7.92. The van der Waals surface area contributed by atoms with Crippen molar-refractivity contribution in [2.45, 2.75) is 12.8 Å². The molecule has 0 aliphatic carbocycles. The summed E-state index contributed by atoms with van der Waals surface area (Å²) >= 11 is 0. The molecule has 0 bridgehead atoms. The van der Waals surface area contributed by atoms with Crippen LogP contribution in [-0.2, 0) is 16.4 Å². The zero-order chi connectivity index (χ0) is 18.1. The van der Waals surface area contributed by atoms with Crippen LogP contribution in [0.1, 0.15) is 12.0 Å². The van der Waals surface area contributed by atoms with Gasteiger partial charge in [-0.1, -0.05) is 30.3 Å². The molecule has 0 amide bonds. The zero-order valence-corrected chi connectivity index (χ0v) is 15.6. The van der Waals surface area contributed by atoms with Crippen LogP contribution in [0.15, 0.2) is 48.7 Å². The second-order valence-electron chi connectivity index (χ2n) is 6.17. The topological polar surface area (TPSA) is 74.3 Å². The molecule has 0 atom stereocenters. The van der Waals surface area contributed by atoms with E-state index in [0.29, 0.717) is 12.2 Å². The highest BCUT2D eigenvalue weighted by Gasteiger charge is 2.11. The number of pyridine rings is 1. The van der Waals surface area contributed by atoms with Gasteiger partial charge in [0.05, 0.1) is 17.6 Å². The van der Waals surface area contributed by atoms with Gasteiger partial charge in [0, 0.05) is 6.54 Å². The summed E-state index contributed by atoms with van der Waals surface area (Å²) in [4.78, 5) is 6.30. The van der Waals surface area contributed by atoms with Crippen molar-refractivity contribution in [1.29, 1.82) is 0 Å². The number of benzene rings is 1. The van der Waals surface area contributed by atoms with Crippen molar-refractivity contribution in [3.63, 3.8) is 0 Å². The predicted octanol–water partition coefficient (Wildman–Crippen LogP) is 2.43. The number of aromatic nitrogens is 1. The SMILES string of the molecule is CN(C)CCCNc1ccc(NS(=O)(=O)CCc2ccccc2)nc1. The Bertz CT molecular complexity index is 731. The third-order valence-corrected chi connectivity index (χ3v) is 4.90. The van der Waals surface area contributed by atoms with E-state index in [0.717, 1.165) is 30.8 Å². The molecule has 1 aromatic heterocycles. The summed E-state index contributed by atoms with van der Waals surface area (Å²) in [5, 5.41) is 3.27. The minimum atomic E-state index is -3.41. The largest absolute Gasteiger partial charge is 0.384 e. The number of nitrogens with one attached hydrogen (secondary N) is 2. The number of hydrogen-bond donors (Lipinski definition) is 2. The first-order chi connectivity index (χ1) is 11.9. The van der Waals surface area contributed by atoms with Gasteiger partial charge in [0.15, 0.2) is 0 Å². The van der Waals surface area contributed by atoms with E-state index >= 15 is 0 Å². The molecular weight excluding hydrogens is 336 g/mol. The van der Waals surface area contributed by atoms with Gasteiger partial charge in [-0.3, -0.25) is 4.72 Å². The van der Waals surface area contributed by atoms with E-state index in [2.05, 4.69) is 19.9 Å². The number of sulfonamides is 1. The summed E-state index contributed by atoms with van der Waals surface area (Å²) < 4.78 is 26.8. The molecule has 0 fully saturated rings. The van der Waals surface area contributed by atoms with Gasteiger partial charge in [-0.2, -0.15) is 0 Å². The Labute approximate surface area is 150 Å². The summed E-state index contributed by atoms with van der Waals surface area (Å²) in [6.07, 6.45) is 3.15. The van der Waals surface area contributed by atoms with Crippen molar-refractivity contribution < 1.29 is 8.42 Å². The normalized spacial score (nSPS) is 11.5. The van der Waals surface area contributed by atoms with Crippen molar-refractivity contribution in [2.24, 2.45) is 0 Å². The smallest absolute Gasteiger partial charge is 0.234 e. The molecule has 0 radical (unpaired) electrons. The van der Waals surface area contributed by atoms with Crippen LogP contribution < -0.4 is 10.0 Å². The van der Waals surface area contributed by atoms with Crippen LogP contribution in [-0.4, -0.2) is 51.2 Å². The van der Waals surface area contributed by atoms with Crippen LogP contribution in [0.4, 0.5) is 11.5 Å². The average Bonchev–Trinajstić information content (AvgIpc) is 2.59. The lowest BCUT2D eigenvalue weighted by Crippen LogP contribution is -2.19. The first-order valence-corrected chi connectivity index (χ1v) is 9.99. The summed E-state index contributed by atoms with van der Waals surface area (Å²) in [7, 11) is 0.669. The van der Waals surface area contributed by atoms with Crippen molar-refractivity contribution in [2.75, 3.05) is 43.0 Å². The molecule has 0 saturated carbocycles. The maximum Gasteiger partial charge on any atom is 0.234 e. The zero-order valence-electron chi connectivity index (χ0n) is 14.8. The molecule has 1 aromatic carbocycles. The molecule has 0 aliphatic rings. The van der Waals surface area contributed by atoms with Gasteiger partial charge in [-0.25, -0.2) is 13.4 Å². The van der Waals surface area contributed by atoms with E-state index in [4.69, 9.17) is 0 Å². The Morgan fingerprint density at radius 2 is 1.84 bits per heavy atom. The van der Waals surface area contributed by atoms with Crippen LogP contribution in [0.2, 0.25) is 0 Å². The van der Waals surface area contributed by atoms with Crippen molar-refractivity contribution in [1.82, 2.24) is 9.88 Å². The molecule has 0 aliphatic heterocycles. The first kappa shape index (κ1) is 19.2. The van der Waals surface area contributed by atoms with Gasteiger partial charge >= 0.3 is 0 Å². The Hall–Kier alpha value is -2.12. The maximum absolute atomic E-state index is 12.2. The predicted molar refractivity (Wildman–Crippen MR) is 103 cm³/mol. The summed E-state index contributed by atoms with van der Waals surface area (Å²) in [5.74, 6) is 0.371. The van der Waals surface area contributed by atoms with Crippen LogP contribution in [0.5, 0.6) is 0 Å². The molecule has 1 heterocycles. The highest BCUT2D eigenvalue weighted by Crippen LogP contribution is 2.12. The second kappa shape index (κ2) is 9.39. The summed E-state index contributed by atoms with van der Waals surface area (Å²) in [5.41, 5.74) is 1.88. The van der Waals surface area contributed by atoms with E-state index in [1.807, 2.05) is 50.5 Å². The monoisotopic (exact) mass is 362 g/mol. The minimum Gasteiger partial charge on any atom is -0.384 e. The van der Waals surface area contributed by atoms with E-state index in [1.54, 1.807) is 12.3 Å². The van der Waals surface area contributed by atoms with Gasteiger partial charge in [-0.15, -0.1) is 0 Å². The number of rotatable bonds is 10. The van der Waals surface area contributed by atoms with E-state index < -0.39 is 10.0 Å². The number of hydrogen-bond acceptors (Lipinski definition) is 5. The molecule has 2 rings (SSSR count).